The van der Waals surface area contributed by atoms with Gasteiger partial charge in [0.2, 0.25) is 0 Å². The number of ether oxygens (including phenoxy) is 1. The van der Waals surface area contributed by atoms with Crippen LogP contribution < -0.4 is 0 Å². The molecule has 1 aliphatic heterocycles. The smallest absolute Gasteiger partial charge is 0.0816 e. The van der Waals surface area contributed by atoms with E-state index in [4.69, 9.17) is 4.74 Å². The Morgan fingerprint density at radius 1 is 1.22 bits per heavy atom. The van der Waals surface area contributed by atoms with Crippen molar-refractivity contribution in [2.24, 2.45) is 5.92 Å². The van der Waals surface area contributed by atoms with E-state index < -0.39 is 0 Å². The molecule has 0 saturated carbocycles. The first-order valence-corrected chi connectivity index (χ1v) is 6.80. The molecule has 0 radical (unpaired) electrons. The molecule has 18 heavy (non-hydrogen) atoms. The molecule has 1 heterocycles. The van der Waals surface area contributed by atoms with E-state index in [-0.39, 0.29) is 12.0 Å². The van der Waals surface area contributed by atoms with Gasteiger partial charge in [-0.2, -0.15) is 0 Å². The van der Waals surface area contributed by atoms with Gasteiger partial charge in [-0.05, 0) is 24.4 Å². The molecule has 2 unspecified atom stereocenters. The molecule has 0 bridgehead atoms. The minimum absolute atomic E-state index is 0.287. The third-order valence-corrected chi connectivity index (χ3v) is 3.68. The summed E-state index contributed by atoms with van der Waals surface area (Å²) >= 11 is 0. The van der Waals surface area contributed by atoms with E-state index in [0.717, 1.165) is 44.8 Å². The average Bonchev–Trinajstić information content (AvgIpc) is 2.46. The van der Waals surface area contributed by atoms with Crippen LogP contribution in [0.2, 0.25) is 0 Å². The van der Waals surface area contributed by atoms with E-state index in [9.17, 15) is 5.11 Å². The molecule has 3 heteroatoms. The van der Waals surface area contributed by atoms with Gasteiger partial charge in [-0.15, -0.1) is 0 Å². The summed E-state index contributed by atoms with van der Waals surface area (Å²) in [5.41, 5.74) is 1.02. The highest BCUT2D eigenvalue weighted by atomic mass is 16.5. The van der Waals surface area contributed by atoms with Crippen molar-refractivity contribution in [3.8, 4) is 0 Å². The van der Waals surface area contributed by atoms with Gasteiger partial charge in [0.05, 0.1) is 19.3 Å². The molecule has 0 amide bonds. The Morgan fingerprint density at radius 3 is 2.56 bits per heavy atom. The van der Waals surface area contributed by atoms with E-state index in [0.29, 0.717) is 0 Å². The summed E-state index contributed by atoms with van der Waals surface area (Å²) in [6.45, 7) is 6.90. The molecule has 3 nitrogen and oxygen atoms in total. The molecule has 1 N–H and O–H groups in total. The lowest BCUT2D eigenvalue weighted by atomic mass is 9.94. The molecule has 2 rings (SSSR count). The Hall–Kier alpha value is -0.900. The van der Waals surface area contributed by atoms with Gasteiger partial charge in [0.1, 0.15) is 0 Å². The molecule has 1 fully saturated rings. The minimum Gasteiger partial charge on any atom is -0.388 e. The van der Waals surface area contributed by atoms with Crippen LogP contribution in [0.4, 0.5) is 0 Å². The maximum atomic E-state index is 10.3. The monoisotopic (exact) mass is 249 g/mol. The fourth-order valence-electron chi connectivity index (χ4n) is 2.35. The summed E-state index contributed by atoms with van der Waals surface area (Å²) in [5.74, 6) is 0.287. The summed E-state index contributed by atoms with van der Waals surface area (Å²) in [6.07, 6.45) is 0.669. The first-order chi connectivity index (χ1) is 8.77. The van der Waals surface area contributed by atoms with Crippen LogP contribution in [0.15, 0.2) is 30.3 Å². The van der Waals surface area contributed by atoms with Gasteiger partial charge in [-0.1, -0.05) is 37.3 Å². The Kier molecular flexibility index (Phi) is 5.17. The minimum atomic E-state index is -0.354. The number of rotatable bonds is 5. The van der Waals surface area contributed by atoms with Crippen LogP contribution in [0.25, 0.3) is 0 Å². The first kappa shape index (κ1) is 13.5. The maximum Gasteiger partial charge on any atom is 0.0816 e. The van der Waals surface area contributed by atoms with Gasteiger partial charge in [0.15, 0.2) is 0 Å². The summed E-state index contributed by atoms with van der Waals surface area (Å²) in [4.78, 5) is 2.41. The second kappa shape index (κ2) is 6.88. The topological polar surface area (TPSA) is 32.7 Å². The quantitative estimate of drug-likeness (QED) is 0.867. The zero-order valence-corrected chi connectivity index (χ0v) is 11.1. The normalized spacial score (nSPS) is 20.6. The van der Waals surface area contributed by atoms with Crippen molar-refractivity contribution in [2.75, 3.05) is 32.8 Å². The van der Waals surface area contributed by atoms with Gasteiger partial charge in [-0.3, -0.25) is 4.90 Å². The van der Waals surface area contributed by atoms with Gasteiger partial charge < -0.3 is 9.84 Å². The summed E-state index contributed by atoms with van der Waals surface area (Å²) in [6, 6.07) is 9.93. The molecular formula is C15H23NO2. The molecule has 100 valence electrons. The van der Waals surface area contributed by atoms with Crippen LogP contribution in [0.1, 0.15) is 25.0 Å². The van der Waals surface area contributed by atoms with Crippen molar-refractivity contribution >= 4 is 0 Å². The van der Waals surface area contributed by atoms with Crippen molar-refractivity contribution in [1.82, 2.24) is 4.90 Å². The number of nitrogens with zero attached hydrogens (tertiary/aromatic N) is 1. The van der Waals surface area contributed by atoms with E-state index in [2.05, 4.69) is 11.8 Å². The van der Waals surface area contributed by atoms with Crippen molar-refractivity contribution < 1.29 is 9.84 Å². The lowest BCUT2D eigenvalue weighted by Crippen LogP contribution is -2.37. The summed E-state index contributed by atoms with van der Waals surface area (Å²) in [7, 11) is 0. The zero-order valence-electron chi connectivity index (χ0n) is 11.1. The second-order valence-corrected chi connectivity index (χ2v) is 5.08. The third kappa shape index (κ3) is 3.80. The highest BCUT2D eigenvalue weighted by Crippen LogP contribution is 2.24. The molecule has 0 aliphatic carbocycles. The molecule has 1 aliphatic rings. The average molecular weight is 249 g/mol. The van der Waals surface area contributed by atoms with Crippen molar-refractivity contribution in [2.45, 2.75) is 19.4 Å². The van der Waals surface area contributed by atoms with E-state index in [1.54, 1.807) is 0 Å². The predicted molar refractivity (Wildman–Crippen MR) is 72.4 cm³/mol. The molecular weight excluding hydrogens is 226 g/mol. The third-order valence-electron chi connectivity index (χ3n) is 3.68. The molecule has 1 saturated heterocycles. The Bertz CT molecular complexity index is 336. The first-order valence-electron chi connectivity index (χ1n) is 6.80. The second-order valence-electron chi connectivity index (χ2n) is 5.08. The fourth-order valence-corrected chi connectivity index (χ4v) is 2.35. The van der Waals surface area contributed by atoms with Gasteiger partial charge in [0, 0.05) is 13.1 Å². The molecule has 0 aromatic heterocycles. The van der Waals surface area contributed by atoms with Crippen LogP contribution in [0, 0.1) is 5.92 Å². The van der Waals surface area contributed by atoms with Crippen molar-refractivity contribution in [3.05, 3.63) is 35.9 Å². The van der Waals surface area contributed by atoms with Gasteiger partial charge in [0.25, 0.3) is 0 Å². The van der Waals surface area contributed by atoms with Crippen LogP contribution in [0.5, 0.6) is 0 Å². The SMILES string of the molecule is CC(CCN1CCOCC1)C(O)c1ccccc1. The number of hydrogen-bond donors (Lipinski definition) is 1. The number of aliphatic hydroxyl groups is 1. The number of morpholine rings is 1. The largest absolute Gasteiger partial charge is 0.388 e. The lowest BCUT2D eigenvalue weighted by Gasteiger charge is -2.28. The predicted octanol–water partition coefficient (Wildman–Crippen LogP) is 2.08. The van der Waals surface area contributed by atoms with E-state index >= 15 is 0 Å². The van der Waals surface area contributed by atoms with Gasteiger partial charge in [-0.25, -0.2) is 0 Å². The number of aliphatic hydroxyl groups excluding tert-OH is 1. The van der Waals surface area contributed by atoms with E-state index in [1.807, 2.05) is 30.3 Å². The number of hydrogen-bond acceptors (Lipinski definition) is 3. The molecule has 1 aromatic carbocycles. The molecule has 2 atom stereocenters. The Morgan fingerprint density at radius 2 is 1.89 bits per heavy atom. The maximum absolute atomic E-state index is 10.3. The van der Waals surface area contributed by atoms with Gasteiger partial charge >= 0.3 is 0 Å². The fraction of sp³-hybridized carbons (Fsp3) is 0.600. The molecule has 1 aromatic rings. The lowest BCUT2D eigenvalue weighted by molar-refractivity contribution is 0.0301. The standard InChI is InChI=1S/C15H23NO2/c1-13(7-8-16-9-11-18-12-10-16)15(17)14-5-3-2-4-6-14/h2-6,13,15,17H,7-12H2,1H3. The summed E-state index contributed by atoms with van der Waals surface area (Å²) < 4.78 is 5.33. The number of benzene rings is 1. The Balaban J connectivity index is 1.78. The highest BCUT2D eigenvalue weighted by Gasteiger charge is 2.18. The molecule has 0 spiro atoms. The highest BCUT2D eigenvalue weighted by molar-refractivity contribution is 5.17. The van der Waals surface area contributed by atoms with Crippen LogP contribution in [-0.2, 0) is 4.74 Å². The van der Waals surface area contributed by atoms with Crippen molar-refractivity contribution in [1.29, 1.82) is 0 Å². The van der Waals surface area contributed by atoms with E-state index in [1.165, 1.54) is 0 Å². The van der Waals surface area contributed by atoms with Crippen LogP contribution in [-0.4, -0.2) is 42.9 Å². The van der Waals surface area contributed by atoms with Crippen molar-refractivity contribution in [3.63, 3.8) is 0 Å². The van der Waals surface area contributed by atoms with Crippen LogP contribution >= 0.6 is 0 Å². The zero-order chi connectivity index (χ0) is 12.8. The van der Waals surface area contributed by atoms with Crippen LogP contribution in [0.3, 0.4) is 0 Å². The summed E-state index contributed by atoms with van der Waals surface area (Å²) in [5, 5.41) is 10.3. The Labute approximate surface area is 109 Å².